The van der Waals surface area contributed by atoms with Crippen molar-refractivity contribution in [3.8, 4) is 0 Å². The number of nitrogens with one attached hydrogen (secondary N) is 1. The fourth-order valence-corrected chi connectivity index (χ4v) is 4.14. The van der Waals surface area contributed by atoms with Crippen LogP contribution in [0.2, 0.25) is 0 Å². The van der Waals surface area contributed by atoms with Crippen molar-refractivity contribution in [3.05, 3.63) is 0 Å². The number of rotatable bonds is 5. The first-order chi connectivity index (χ1) is 8.85. The van der Waals surface area contributed by atoms with Crippen LogP contribution in [0.4, 0.5) is 0 Å². The van der Waals surface area contributed by atoms with Crippen LogP contribution in [0.1, 0.15) is 45.4 Å². The third-order valence-electron chi connectivity index (χ3n) is 5.06. The van der Waals surface area contributed by atoms with Gasteiger partial charge < -0.3 is 10.1 Å². The number of hydrogen-bond donors (Lipinski definition) is 1. The molecular weight excluding hydrogens is 224 g/mol. The van der Waals surface area contributed by atoms with Crippen LogP contribution in [0.25, 0.3) is 0 Å². The highest BCUT2D eigenvalue weighted by Gasteiger charge is 2.34. The maximum Gasteiger partial charge on any atom is 0.0707 e. The zero-order chi connectivity index (χ0) is 12.4. The Kier molecular flexibility index (Phi) is 4.22. The van der Waals surface area contributed by atoms with Crippen molar-refractivity contribution >= 4 is 0 Å². The molecule has 3 fully saturated rings. The molecule has 0 aromatic rings. The van der Waals surface area contributed by atoms with E-state index in [-0.39, 0.29) is 0 Å². The smallest absolute Gasteiger partial charge is 0.0707 e. The quantitative estimate of drug-likeness (QED) is 0.810. The van der Waals surface area contributed by atoms with Crippen LogP contribution in [0.15, 0.2) is 0 Å². The molecule has 2 saturated heterocycles. The van der Waals surface area contributed by atoms with E-state index in [4.69, 9.17) is 4.74 Å². The minimum Gasteiger partial charge on any atom is -0.372 e. The first kappa shape index (κ1) is 12.9. The van der Waals surface area contributed by atoms with Gasteiger partial charge in [-0.3, -0.25) is 4.90 Å². The summed E-state index contributed by atoms with van der Waals surface area (Å²) in [5.74, 6) is 0.922. The van der Waals surface area contributed by atoms with Gasteiger partial charge in [0.2, 0.25) is 0 Å². The van der Waals surface area contributed by atoms with Crippen molar-refractivity contribution in [2.24, 2.45) is 5.92 Å². The minimum atomic E-state index is 0.553. The molecule has 2 bridgehead atoms. The van der Waals surface area contributed by atoms with Crippen molar-refractivity contribution in [1.29, 1.82) is 0 Å². The highest BCUT2D eigenvalue weighted by Crippen LogP contribution is 2.30. The number of likely N-dealkylation sites (tertiary alicyclic amines) is 1. The van der Waals surface area contributed by atoms with Crippen molar-refractivity contribution in [2.75, 3.05) is 26.2 Å². The first-order valence-electron chi connectivity index (χ1n) is 7.96. The summed E-state index contributed by atoms with van der Waals surface area (Å²) in [7, 11) is 0. The molecule has 1 saturated carbocycles. The number of nitrogens with zero attached hydrogens (tertiary/aromatic N) is 1. The fourth-order valence-electron chi connectivity index (χ4n) is 4.14. The van der Waals surface area contributed by atoms with Gasteiger partial charge in [0.15, 0.2) is 0 Å². The second-order valence-electron chi connectivity index (χ2n) is 6.36. The molecule has 1 N–H and O–H groups in total. The monoisotopic (exact) mass is 252 g/mol. The average molecular weight is 252 g/mol. The Balaban J connectivity index is 1.43. The van der Waals surface area contributed by atoms with Crippen molar-refractivity contribution < 1.29 is 4.74 Å². The molecule has 1 aliphatic carbocycles. The Morgan fingerprint density at radius 3 is 2.61 bits per heavy atom. The van der Waals surface area contributed by atoms with Crippen LogP contribution in [-0.4, -0.2) is 49.3 Å². The van der Waals surface area contributed by atoms with E-state index in [0.717, 1.165) is 18.5 Å². The lowest BCUT2D eigenvalue weighted by Gasteiger charge is -2.33. The summed E-state index contributed by atoms with van der Waals surface area (Å²) >= 11 is 0. The van der Waals surface area contributed by atoms with Gasteiger partial charge in [0.05, 0.1) is 12.2 Å². The molecule has 0 amide bonds. The van der Waals surface area contributed by atoms with Crippen LogP contribution in [0, 0.1) is 5.92 Å². The van der Waals surface area contributed by atoms with E-state index in [1.165, 1.54) is 58.2 Å². The normalized spacial score (nSPS) is 40.5. The Bertz CT molecular complexity index is 259. The zero-order valence-corrected chi connectivity index (χ0v) is 11.7. The van der Waals surface area contributed by atoms with Crippen LogP contribution in [-0.2, 0) is 4.74 Å². The van der Waals surface area contributed by atoms with E-state index in [0.29, 0.717) is 12.2 Å². The second kappa shape index (κ2) is 5.89. The van der Waals surface area contributed by atoms with Gasteiger partial charge in [0.1, 0.15) is 0 Å². The van der Waals surface area contributed by atoms with Gasteiger partial charge in [-0.1, -0.05) is 13.3 Å². The lowest BCUT2D eigenvalue weighted by molar-refractivity contribution is -0.0396. The molecule has 0 radical (unpaired) electrons. The topological polar surface area (TPSA) is 24.5 Å². The number of morpholine rings is 1. The highest BCUT2D eigenvalue weighted by atomic mass is 16.5. The third-order valence-corrected chi connectivity index (χ3v) is 5.06. The minimum absolute atomic E-state index is 0.553. The lowest BCUT2D eigenvalue weighted by atomic mass is 9.99. The summed E-state index contributed by atoms with van der Waals surface area (Å²) in [5.41, 5.74) is 0. The summed E-state index contributed by atoms with van der Waals surface area (Å²) in [6.07, 6.45) is 9.35. The lowest BCUT2D eigenvalue weighted by Crippen LogP contribution is -2.44. The van der Waals surface area contributed by atoms with E-state index in [1.807, 2.05) is 0 Å². The second-order valence-corrected chi connectivity index (χ2v) is 6.36. The third kappa shape index (κ3) is 2.89. The summed E-state index contributed by atoms with van der Waals surface area (Å²) in [4.78, 5) is 2.66. The summed E-state index contributed by atoms with van der Waals surface area (Å²) < 4.78 is 5.90. The summed E-state index contributed by atoms with van der Waals surface area (Å²) in [6, 6.07) is 0.799. The molecule has 4 atom stereocenters. The van der Waals surface area contributed by atoms with Crippen LogP contribution in [0.3, 0.4) is 0 Å². The van der Waals surface area contributed by atoms with Crippen molar-refractivity contribution in [3.63, 3.8) is 0 Å². The highest BCUT2D eigenvalue weighted by molar-refractivity contribution is 4.87. The van der Waals surface area contributed by atoms with Gasteiger partial charge in [-0.05, 0) is 51.1 Å². The fraction of sp³-hybridized carbons (Fsp3) is 1.00. The Morgan fingerprint density at radius 2 is 1.89 bits per heavy atom. The van der Waals surface area contributed by atoms with E-state index in [2.05, 4.69) is 17.1 Å². The predicted molar refractivity (Wildman–Crippen MR) is 73.8 cm³/mol. The molecule has 2 heterocycles. The predicted octanol–water partition coefficient (Wildman–Crippen LogP) is 2.02. The van der Waals surface area contributed by atoms with Crippen molar-refractivity contribution in [2.45, 2.75) is 63.7 Å². The standard InChI is InChI=1S/C15H28N2O/c1-2-16-15-5-3-4-12(15)8-9-17-10-13-6-7-14(11-17)18-13/h12-16H,2-11H2,1H3. The Morgan fingerprint density at radius 1 is 1.11 bits per heavy atom. The number of fused-ring (bicyclic) bond motifs is 2. The van der Waals surface area contributed by atoms with E-state index in [9.17, 15) is 0 Å². The van der Waals surface area contributed by atoms with Gasteiger partial charge in [0, 0.05) is 19.1 Å². The molecule has 0 aromatic carbocycles. The molecule has 3 aliphatic rings. The van der Waals surface area contributed by atoms with Gasteiger partial charge >= 0.3 is 0 Å². The van der Waals surface area contributed by atoms with Crippen molar-refractivity contribution in [1.82, 2.24) is 10.2 Å². The molecule has 3 heteroatoms. The first-order valence-corrected chi connectivity index (χ1v) is 7.96. The molecule has 0 aromatic heterocycles. The zero-order valence-electron chi connectivity index (χ0n) is 11.7. The molecule has 4 unspecified atom stereocenters. The molecule has 104 valence electrons. The summed E-state index contributed by atoms with van der Waals surface area (Å²) in [5, 5.41) is 3.67. The van der Waals surface area contributed by atoms with Crippen LogP contribution in [0.5, 0.6) is 0 Å². The van der Waals surface area contributed by atoms with Crippen LogP contribution < -0.4 is 5.32 Å². The van der Waals surface area contributed by atoms with Gasteiger partial charge in [-0.2, -0.15) is 0 Å². The van der Waals surface area contributed by atoms with E-state index < -0.39 is 0 Å². The van der Waals surface area contributed by atoms with Gasteiger partial charge in [0.25, 0.3) is 0 Å². The Labute approximate surface area is 111 Å². The molecular formula is C15H28N2O. The molecule has 18 heavy (non-hydrogen) atoms. The maximum absolute atomic E-state index is 5.90. The van der Waals surface area contributed by atoms with Gasteiger partial charge in [-0.15, -0.1) is 0 Å². The van der Waals surface area contributed by atoms with Crippen LogP contribution >= 0.6 is 0 Å². The SMILES string of the molecule is CCNC1CCCC1CCN1CC2CCC(C1)O2. The van der Waals surface area contributed by atoms with Gasteiger partial charge in [-0.25, -0.2) is 0 Å². The number of ether oxygens (including phenoxy) is 1. The molecule has 2 aliphatic heterocycles. The number of hydrogen-bond acceptors (Lipinski definition) is 3. The Hall–Kier alpha value is -0.120. The average Bonchev–Trinajstić information content (AvgIpc) is 2.94. The molecule has 0 spiro atoms. The molecule has 3 rings (SSSR count). The van der Waals surface area contributed by atoms with E-state index in [1.54, 1.807) is 0 Å². The van der Waals surface area contributed by atoms with E-state index >= 15 is 0 Å². The largest absolute Gasteiger partial charge is 0.372 e. The molecule has 3 nitrogen and oxygen atoms in total. The summed E-state index contributed by atoms with van der Waals surface area (Å²) in [6.45, 7) is 7.03. The maximum atomic E-state index is 5.90.